The first kappa shape index (κ1) is 15.3. The zero-order chi connectivity index (χ0) is 14.1. The molecule has 18 heavy (non-hydrogen) atoms. The van der Waals surface area contributed by atoms with Crippen LogP contribution in [-0.2, 0) is 4.79 Å². The summed E-state index contributed by atoms with van der Waals surface area (Å²) in [6.45, 7) is 3.78. The predicted molar refractivity (Wildman–Crippen MR) is 62.8 cm³/mol. The van der Waals surface area contributed by atoms with Gasteiger partial charge in [0, 0.05) is 18.0 Å². The lowest BCUT2D eigenvalue weighted by Crippen LogP contribution is -2.48. The molecule has 6 heteroatoms. The molecule has 2 N–H and O–H groups in total. The second kappa shape index (κ2) is 5.07. The minimum absolute atomic E-state index is 0.0693. The Labute approximate surface area is 106 Å². The van der Waals surface area contributed by atoms with Gasteiger partial charge in [-0.1, -0.05) is 0 Å². The molecule has 1 amide bonds. The molecule has 0 bridgehead atoms. The average molecular weight is 266 g/mol. The van der Waals surface area contributed by atoms with E-state index in [-0.39, 0.29) is 18.4 Å². The molecule has 1 saturated carbocycles. The molecule has 3 nitrogen and oxygen atoms in total. The minimum atomic E-state index is -4.36. The van der Waals surface area contributed by atoms with Crippen LogP contribution in [-0.4, -0.2) is 35.1 Å². The fourth-order valence-corrected chi connectivity index (χ4v) is 1.98. The largest absolute Gasteiger partial charge is 0.406 e. The van der Waals surface area contributed by atoms with Crippen LogP contribution < -0.4 is 5.73 Å². The molecule has 0 radical (unpaired) electrons. The Bertz CT molecular complexity index is 305. The van der Waals surface area contributed by atoms with Crippen molar-refractivity contribution in [3.63, 3.8) is 0 Å². The number of alkyl halides is 3. The van der Waals surface area contributed by atoms with Gasteiger partial charge in [-0.3, -0.25) is 4.79 Å². The van der Waals surface area contributed by atoms with Crippen molar-refractivity contribution >= 4 is 5.91 Å². The third-order valence-corrected chi connectivity index (χ3v) is 3.07. The van der Waals surface area contributed by atoms with Crippen molar-refractivity contribution in [2.75, 3.05) is 6.54 Å². The summed E-state index contributed by atoms with van der Waals surface area (Å²) in [6, 6.07) is -0.360. The van der Waals surface area contributed by atoms with Gasteiger partial charge in [-0.15, -0.1) is 0 Å². The molecule has 0 aromatic heterocycles. The van der Waals surface area contributed by atoms with Crippen LogP contribution >= 0.6 is 0 Å². The van der Waals surface area contributed by atoms with Crippen LogP contribution in [0, 0.1) is 5.92 Å². The number of hydrogen-bond acceptors (Lipinski definition) is 2. The number of rotatable bonds is 5. The van der Waals surface area contributed by atoms with Gasteiger partial charge in [-0.25, -0.2) is 0 Å². The maximum atomic E-state index is 12.5. The quantitative estimate of drug-likeness (QED) is 0.830. The number of nitrogens with two attached hydrogens (primary N) is 1. The van der Waals surface area contributed by atoms with E-state index in [2.05, 4.69) is 0 Å². The van der Waals surface area contributed by atoms with Crippen LogP contribution in [0.15, 0.2) is 0 Å². The van der Waals surface area contributed by atoms with Crippen molar-refractivity contribution in [3.8, 4) is 0 Å². The van der Waals surface area contributed by atoms with Crippen molar-refractivity contribution in [2.24, 2.45) is 11.7 Å². The SMILES string of the molecule is CC(C1CC1)N(CC(F)(F)F)C(=O)CC(C)(C)N. The molecular formula is C12H21F3N2O. The number of carbonyl (C=O) groups excluding carboxylic acids is 1. The van der Waals surface area contributed by atoms with Crippen LogP contribution in [0.3, 0.4) is 0 Å². The van der Waals surface area contributed by atoms with Gasteiger partial charge in [0.1, 0.15) is 6.54 Å². The topological polar surface area (TPSA) is 46.3 Å². The minimum Gasteiger partial charge on any atom is -0.331 e. The summed E-state index contributed by atoms with van der Waals surface area (Å²) < 4.78 is 37.6. The van der Waals surface area contributed by atoms with E-state index >= 15 is 0 Å². The van der Waals surface area contributed by atoms with E-state index < -0.39 is 24.2 Å². The van der Waals surface area contributed by atoms with Gasteiger partial charge in [0.15, 0.2) is 0 Å². The highest BCUT2D eigenvalue weighted by atomic mass is 19.4. The number of hydrogen-bond donors (Lipinski definition) is 1. The van der Waals surface area contributed by atoms with Gasteiger partial charge in [-0.2, -0.15) is 13.2 Å². The maximum absolute atomic E-state index is 12.5. The number of carbonyl (C=O) groups is 1. The average Bonchev–Trinajstić information content (AvgIpc) is 2.91. The molecule has 1 aliphatic rings. The van der Waals surface area contributed by atoms with Gasteiger partial charge in [0.2, 0.25) is 5.91 Å². The van der Waals surface area contributed by atoms with Crippen LogP contribution in [0.5, 0.6) is 0 Å². The van der Waals surface area contributed by atoms with E-state index in [9.17, 15) is 18.0 Å². The highest BCUT2D eigenvalue weighted by Gasteiger charge is 2.41. The first-order chi connectivity index (χ1) is 7.99. The molecule has 1 aliphatic carbocycles. The molecule has 0 heterocycles. The summed E-state index contributed by atoms with van der Waals surface area (Å²) in [7, 11) is 0. The Balaban J connectivity index is 2.73. The van der Waals surface area contributed by atoms with E-state index in [1.54, 1.807) is 20.8 Å². The molecule has 1 atom stereocenters. The molecular weight excluding hydrogens is 245 g/mol. The maximum Gasteiger partial charge on any atom is 0.406 e. The Morgan fingerprint density at radius 3 is 2.22 bits per heavy atom. The molecule has 0 aromatic carbocycles. The summed E-state index contributed by atoms with van der Waals surface area (Å²) in [5, 5.41) is 0. The fourth-order valence-electron chi connectivity index (χ4n) is 1.98. The Morgan fingerprint density at radius 2 is 1.89 bits per heavy atom. The van der Waals surface area contributed by atoms with Crippen LogP contribution in [0.2, 0.25) is 0 Å². The van der Waals surface area contributed by atoms with E-state index in [0.29, 0.717) is 0 Å². The van der Waals surface area contributed by atoms with Crippen molar-refractivity contribution in [1.82, 2.24) is 4.90 Å². The zero-order valence-electron chi connectivity index (χ0n) is 11.0. The fraction of sp³-hybridized carbons (Fsp3) is 0.917. The van der Waals surface area contributed by atoms with E-state index in [1.807, 2.05) is 0 Å². The van der Waals surface area contributed by atoms with Gasteiger partial charge in [0.25, 0.3) is 0 Å². The molecule has 0 spiro atoms. The standard InChI is InChI=1S/C12H21F3N2O/c1-8(9-4-5-9)17(7-12(13,14)15)10(18)6-11(2,3)16/h8-9H,4-7,16H2,1-3H3. The number of amides is 1. The second-order valence-corrected chi connectivity index (χ2v) is 5.88. The first-order valence-electron chi connectivity index (χ1n) is 6.15. The lowest BCUT2D eigenvalue weighted by Gasteiger charge is -2.32. The molecule has 0 aliphatic heterocycles. The van der Waals surface area contributed by atoms with Crippen LogP contribution in [0.1, 0.15) is 40.0 Å². The van der Waals surface area contributed by atoms with Crippen LogP contribution in [0.4, 0.5) is 13.2 Å². The van der Waals surface area contributed by atoms with Gasteiger partial charge in [-0.05, 0) is 39.5 Å². The van der Waals surface area contributed by atoms with Crippen molar-refractivity contribution in [1.29, 1.82) is 0 Å². The van der Waals surface area contributed by atoms with Gasteiger partial charge >= 0.3 is 6.18 Å². The molecule has 1 rings (SSSR count). The lowest BCUT2D eigenvalue weighted by atomic mass is 10.0. The van der Waals surface area contributed by atoms with Crippen molar-refractivity contribution in [2.45, 2.75) is 57.8 Å². The molecule has 1 unspecified atom stereocenters. The third kappa shape index (κ3) is 5.25. The Hall–Kier alpha value is -0.780. The smallest absolute Gasteiger partial charge is 0.331 e. The number of halogens is 3. The normalized spacial score (nSPS) is 18.6. The molecule has 106 valence electrons. The first-order valence-corrected chi connectivity index (χ1v) is 6.15. The van der Waals surface area contributed by atoms with E-state index in [4.69, 9.17) is 5.73 Å². The Morgan fingerprint density at radius 1 is 1.39 bits per heavy atom. The predicted octanol–water partition coefficient (Wildman–Crippen LogP) is 2.30. The van der Waals surface area contributed by atoms with Gasteiger partial charge < -0.3 is 10.6 Å². The highest BCUT2D eigenvalue weighted by Crippen LogP contribution is 2.36. The van der Waals surface area contributed by atoms with Crippen LogP contribution in [0.25, 0.3) is 0 Å². The van der Waals surface area contributed by atoms with Crippen molar-refractivity contribution in [3.05, 3.63) is 0 Å². The number of nitrogens with zero attached hydrogens (tertiary/aromatic N) is 1. The summed E-state index contributed by atoms with van der Waals surface area (Å²) >= 11 is 0. The summed E-state index contributed by atoms with van der Waals surface area (Å²) in [4.78, 5) is 12.9. The molecule has 1 fully saturated rings. The summed E-state index contributed by atoms with van der Waals surface area (Å²) in [5.41, 5.74) is 4.91. The molecule has 0 saturated heterocycles. The third-order valence-electron chi connectivity index (χ3n) is 3.07. The Kier molecular flexibility index (Phi) is 4.30. The highest BCUT2D eigenvalue weighted by molar-refractivity contribution is 5.77. The second-order valence-electron chi connectivity index (χ2n) is 5.88. The summed E-state index contributed by atoms with van der Waals surface area (Å²) in [6.07, 6.45) is -2.64. The van der Waals surface area contributed by atoms with E-state index in [1.165, 1.54) is 0 Å². The van der Waals surface area contributed by atoms with Crippen molar-refractivity contribution < 1.29 is 18.0 Å². The summed E-state index contributed by atoms with van der Waals surface area (Å²) in [5.74, 6) is -0.309. The monoisotopic (exact) mass is 266 g/mol. The van der Waals surface area contributed by atoms with Gasteiger partial charge in [0.05, 0.1) is 0 Å². The lowest BCUT2D eigenvalue weighted by molar-refractivity contribution is -0.166. The zero-order valence-corrected chi connectivity index (χ0v) is 11.0. The molecule has 0 aromatic rings. The van der Waals surface area contributed by atoms with E-state index in [0.717, 1.165) is 17.7 Å².